The summed E-state index contributed by atoms with van der Waals surface area (Å²) in [6.07, 6.45) is 1.59. The second kappa shape index (κ2) is 6.61. The van der Waals surface area contributed by atoms with E-state index in [4.69, 9.17) is 0 Å². The minimum Gasteiger partial charge on any atom is -0.321 e. The number of hydrogen-bond acceptors (Lipinski definition) is 3. The van der Waals surface area contributed by atoms with E-state index in [1.54, 1.807) is 35.2 Å². The first-order chi connectivity index (χ1) is 11.2. The molecule has 23 heavy (non-hydrogen) atoms. The van der Waals surface area contributed by atoms with E-state index in [1.807, 2.05) is 30.3 Å². The van der Waals surface area contributed by atoms with Crippen molar-refractivity contribution in [1.82, 2.24) is 20.4 Å². The molecule has 0 aliphatic rings. The van der Waals surface area contributed by atoms with E-state index in [1.165, 1.54) is 0 Å². The Morgan fingerprint density at radius 2 is 1.70 bits per heavy atom. The number of anilines is 1. The molecule has 1 heterocycles. The lowest BCUT2D eigenvalue weighted by Crippen LogP contribution is -2.45. The van der Waals surface area contributed by atoms with Crippen molar-refractivity contribution in [3.8, 4) is 0 Å². The Morgan fingerprint density at radius 3 is 2.52 bits per heavy atom. The van der Waals surface area contributed by atoms with E-state index >= 15 is 0 Å². The van der Waals surface area contributed by atoms with Crippen molar-refractivity contribution in [2.45, 2.75) is 6.54 Å². The van der Waals surface area contributed by atoms with Crippen molar-refractivity contribution >= 4 is 28.7 Å². The van der Waals surface area contributed by atoms with E-state index in [0.717, 1.165) is 11.0 Å². The number of hydrogen-bond donors (Lipinski definition) is 3. The van der Waals surface area contributed by atoms with E-state index in [2.05, 4.69) is 21.2 Å². The Balaban J connectivity index is 1.52. The summed E-state index contributed by atoms with van der Waals surface area (Å²) < 4.78 is 1.71. The zero-order chi connectivity index (χ0) is 16.1. The highest BCUT2D eigenvalue weighted by molar-refractivity contribution is 5.91. The van der Waals surface area contributed by atoms with Gasteiger partial charge >= 0.3 is 6.03 Å². The molecule has 3 N–H and O–H groups in total. The van der Waals surface area contributed by atoms with Crippen LogP contribution in [-0.4, -0.2) is 21.5 Å². The summed E-state index contributed by atoms with van der Waals surface area (Å²) >= 11 is 0. The molecule has 3 amide bonds. The monoisotopic (exact) mass is 309 g/mol. The fraction of sp³-hybridized carbons (Fsp3) is 0.0625. The van der Waals surface area contributed by atoms with Gasteiger partial charge < -0.3 is 9.88 Å². The lowest BCUT2D eigenvalue weighted by atomic mass is 10.3. The molecule has 0 saturated heterocycles. The number of fused-ring (bicyclic) bond motifs is 1. The van der Waals surface area contributed by atoms with Crippen molar-refractivity contribution in [3.63, 3.8) is 0 Å². The molecule has 0 fully saturated rings. The third-order valence-electron chi connectivity index (χ3n) is 3.19. The first-order valence-electron chi connectivity index (χ1n) is 7.03. The molecule has 7 heteroatoms. The number of carbonyl (C=O) groups excluding carboxylic acids is 2. The SMILES string of the molecule is O=C(Cn1cnc2ccccc21)NNC(=O)Nc1ccccc1. The molecule has 0 spiro atoms. The van der Waals surface area contributed by atoms with Crippen LogP contribution in [0.1, 0.15) is 0 Å². The van der Waals surface area contributed by atoms with Gasteiger partial charge in [-0.3, -0.25) is 10.2 Å². The second-order valence-electron chi connectivity index (χ2n) is 4.85. The summed E-state index contributed by atoms with van der Waals surface area (Å²) in [6, 6.07) is 16.0. The molecule has 116 valence electrons. The maximum Gasteiger partial charge on any atom is 0.337 e. The van der Waals surface area contributed by atoms with Gasteiger partial charge in [0.05, 0.1) is 17.4 Å². The van der Waals surface area contributed by atoms with Crippen molar-refractivity contribution < 1.29 is 9.59 Å². The van der Waals surface area contributed by atoms with Gasteiger partial charge in [-0.25, -0.2) is 15.2 Å². The molecule has 0 saturated carbocycles. The van der Waals surface area contributed by atoms with Gasteiger partial charge in [-0.1, -0.05) is 30.3 Å². The highest BCUT2D eigenvalue weighted by atomic mass is 16.2. The van der Waals surface area contributed by atoms with Gasteiger partial charge in [0.1, 0.15) is 6.54 Å². The Bertz CT molecular complexity index is 829. The molecular formula is C16H15N5O2. The van der Waals surface area contributed by atoms with Crippen LogP contribution >= 0.6 is 0 Å². The molecule has 0 radical (unpaired) electrons. The average molecular weight is 309 g/mol. The molecule has 1 aromatic heterocycles. The van der Waals surface area contributed by atoms with Crippen molar-refractivity contribution in [2.24, 2.45) is 0 Å². The standard InChI is InChI=1S/C16H15N5O2/c22-15(10-21-11-17-13-8-4-5-9-14(13)21)19-20-16(23)18-12-6-2-1-3-7-12/h1-9,11H,10H2,(H,19,22)(H2,18,20,23). The summed E-state index contributed by atoms with van der Waals surface area (Å²) in [5.41, 5.74) is 6.98. The van der Waals surface area contributed by atoms with Crippen LogP contribution in [0.3, 0.4) is 0 Å². The van der Waals surface area contributed by atoms with E-state index in [0.29, 0.717) is 5.69 Å². The number of nitrogens with one attached hydrogen (secondary N) is 3. The smallest absolute Gasteiger partial charge is 0.321 e. The lowest BCUT2D eigenvalue weighted by Gasteiger charge is -2.09. The molecule has 7 nitrogen and oxygen atoms in total. The van der Waals surface area contributed by atoms with Gasteiger partial charge in [0.25, 0.3) is 5.91 Å². The number of amides is 3. The molecule has 0 aliphatic carbocycles. The Kier molecular flexibility index (Phi) is 4.19. The molecule has 0 unspecified atom stereocenters. The lowest BCUT2D eigenvalue weighted by molar-refractivity contribution is -0.122. The van der Waals surface area contributed by atoms with Crippen LogP contribution in [0.2, 0.25) is 0 Å². The number of aromatic nitrogens is 2. The highest BCUT2D eigenvalue weighted by Gasteiger charge is 2.08. The van der Waals surface area contributed by atoms with Gasteiger partial charge in [-0.15, -0.1) is 0 Å². The first kappa shape index (κ1) is 14.6. The summed E-state index contributed by atoms with van der Waals surface area (Å²) in [7, 11) is 0. The topological polar surface area (TPSA) is 88.1 Å². The Morgan fingerprint density at radius 1 is 0.957 bits per heavy atom. The first-order valence-corrected chi connectivity index (χ1v) is 7.03. The van der Waals surface area contributed by atoms with Gasteiger partial charge in [-0.05, 0) is 24.3 Å². The maximum atomic E-state index is 11.9. The summed E-state index contributed by atoms with van der Waals surface area (Å²) in [5, 5.41) is 2.60. The third-order valence-corrected chi connectivity index (χ3v) is 3.19. The summed E-state index contributed by atoms with van der Waals surface area (Å²) in [5.74, 6) is -0.351. The molecule has 3 aromatic rings. The Hall–Kier alpha value is -3.35. The zero-order valence-electron chi connectivity index (χ0n) is 12.2. The minimum atomic E-state index is -0.514. The number of imidazole rings is 1. The number of hydrazine groups is 1. The van der Waals surface area contributed by atoms with Crippen LogP contribution in [0.25, 0.3) is 11.0 Å². The predicted octanol–water partition coefficient (Wildman–Crippen LogP) is 1.89. The molecule has 3 rings (SSSR count). The normalized spacial score (nSPS) is 10.3. The second-order valence-corrected chi connectivity index (χ2v) is 4.85. The maximum absolute atomic E-state index is 11.9. The average Bonchev–Trinajstić information content (AvgIpc) is 2.97. The molecule has 2 aromatic carbocycles. The van der Waals surface area contributed by atoms with Crippen molar-refractivity contribution in [1.29, 1.82) is 0 Å². The van der Waals surface area contributed by atoms with Crippen LogP contribution in [0, 0.1) is 0 Å². The summed E-state index contributed by atoms with van der Waals surface area (Å²) in [4.78, 5) is 27.8. The van der Waals surface area contributed by atoms with E-state index in [9.17, 15) is 9.59 Å². The quantitative estimate of drug-likeness (QED) is 0.646. The van der Waals surface area contributed by atoms with Crippen molar-refractivity contribution in [2.75, 3.05) is 5.32 Å². The third kappa shape index (κ3) is 3.65. The number of rotatable bonds is 3. The van der Waals surface area contributed by atoms with E-state index < -0.39 is 6.03 Å². The highest BCUT2D eigenvalue weighted by Crippen LogP contribution is 2.11. The zero-order valence-corrected chi connectivity index (χ0v) is 12.2. The van der Waals surface area contributed by atoms with Crippen LogP contribution in [0.4, 0.5) is 10.5 Å². The van der Waals surface area contributed by atoms with E-state index in [-0.39, 0.29) is 12.5 Å². The van der Waals surface area contributed by atoms with Crippen molar-refractivity contribution in [3.05, 3.63) is 60.9 Å². The molecule has 0 bridgehead atoms. The fourth-order valence-electron chi connectivity index (χ4n) is 2.14. The summed E-state index contributed by atoms with van der Waals surface area (Å²) in [6.45, 7) is 0.0616. The van der Waals surface area contributed by atoms with Gasteiger partial charge in [0, 0.05) is 5.69 Å². The number of benzene rings is 2. The number of carbonyl (C=O) groups is 2. The predicted molar refractivity (Wildman–Crippen MR) is 86.5 cm³/mol. The fourth-order valence-corrected chi connectivity index (χ4v) is 2.14. The van der Waals surface area contributed by atoms with Crippen LogP contribution < -0.4 is 16.2 Å². The Labute approximate surface area is 132 Å². The van der Waals surface area contributed by atoms with Crippen LogP contribution in [0.15, 0.2) is 60.9 Å². The van der Waals surface area contributed by atoms with Gasteiger partial charge in [0.15, 0.2) is 0 Å². The largest absolute Gasteiger partial charge is 0.337 e. The van der Waals surface area contributed by atoms with Crippen LogP contribution in [-0.2, 0) is 11.3 Å². The van der Waals surface area contributed by atoms with Gasteiger partial charge in [-0.2, -0.15) is 0 Å². The van der Waals surface area contributed by atoms with Gasteiger partial charge in [0.2, 0.25) is 0 Å². The minimum absolute atomic E-state index is 0.0616. The number of urea groups is 1. The molecule has 0 atom stereocenters. The number of nitrogens with zero attached hydrogens (tertiary/aromatic N) is 2. The molecular weight excluding hydrogens is 294 g/mol. The van der Waals surface area contributed by atoms with Crippen LogP contribution in [0.5, 0.6) is 0 Å². The number of para-hydroxylation sites is 3. The molecule has 0 aliphatic heterocycles.